The summed E-state index contributed by atoms with van der Waals surface area (Å²) >= 11 is 0. The number of hydrogen-bond donors (Lipinski definition) is 2. The van der Waals surface area contributed by atoms with Crippen molar-refractivity contribution in [1.29, 1.82) is 0 Å². The third kappa shape index (κ3) is 6.97. The van der Waals surface area contributed by atoms with E-state index in [1.54, 1.807) is 7.05 Å². The van der Waals surface area contributed by atoms with Crippen molar-refractivity contribution in [3.8, 4) is 0 Å². The van der Waals surface area contributed by atoms with E-state index >= 15 is 0 Å². The van der Waals surface area contributed by atoms with E-state index in [2.05, 4.69) is 5.32 Å². The Morgan fingerprint density at radius 2 is 1.92 bits per heavy atom. The summed E-state index contributed by atoms with van der Waals surface area (Å²) in [4.78, 5) is 36.9. The normalized spacial score (nSPS) is 18.2. The Labute approximate surface area is 147 Å². The van der Waals surface area contributed by atoms with Crippen LogP contribution in [0.2, 0.25) is 0 Å². The lowest BCUT2D eigenvalue weighted by Gasteiger charge is -2.30. The molecule has 0 spiro atoms. The fourth-order valence-corrected chi connectivity index (χ4v) is 2.62. The number of likely N-dealkylation sites (N-methyl/N-ethyl adjacent to an activating group) is 2. The number of rotatable bonds is 10. The van der Waals surface area contributed by atoms with Crippen molar-refractivity contribution in [2.24, 2.45) is 5.92 Å². The summed E-state index contributed by atoms with van der Waals surface area (Å²) in [6, 6.07) is -1.83. The number of carbonyl (C=O) groups is 3. The van der Waals surface area contributed by atoms with Gasteiger partial charge in [0.25, 0.3) is 5.91 Å². The highest BCUT2D eigenvalue weighted by molar-refractivity contribution is 5.88. The van der Waals surface area contributed by atoms with E-state index < -0.39 is 41.7 Å². The Kier molecular flexibility index (Phi) is 7.34. The van der Waals surface area contributed by atoms with Crippen molar-refractivity contribution < 1.29 is 28.6 Å². The second-order valence-corrected chi connectivity index (χ2v) is 7.33. The minimum Gasteiger partial charge on any atom is -0.480 e. The van der Waals surface area contributed by atoms with Gasteiger partial charge in [-0.05, 0) is 40.2 Å². The number of nitrogens with one attached hydrogen (secondary N) is 1. The zero-order valence-electron chi connectivity index (χ0n) is 15.5. The molecule has 7 nitrogen and oxygen atoms in total. The Morgan fingerprint density at radius 3 is 2.32 bits per heavy atom. The Balaban J connectivity index is 2.68. The molecule has 0 radical (unpaired) electrons. The minimum absolute atomic E-state index is 0.355. The van der Waals surface area contributed by atoms with Crippen LogP contribution in [0, 0.1) is 5.92 Å². The number of carboxylic acid groups (broad SMARTS) is 1. The van der Waals surface area contributed by atoms with E-state index in [-0.39, 0.29) is 6.42 Å². The van der Waals surface area contributed by atoms with Gasteiger partial charge in [0, 0.05) is 13.5 Å². The quantitative estimate of drug-likeness (QED) is 0.571. The molecule has 0 unspecified atom stereocenters. The van der Waals surface area contributed by atoms with Gasteiger partial charge in [-0.2, -0.15) is 0 Å². The van der Waals surface area contributed by atoms with E-state index in [9.17, 15) is 23.9 Å². The van der Waals surface area contributed by atoms with Crippen LogP contribution in [0.1, 0.15) is 46.5 Å². The second kappa shape index (κ2) is 8.60. The summed E-state index contributed by atoms with van der Waals surface area (Å²) in [5.74, 6) is -2.02. The molecule has 1 aliphatic carbocycles. The molecule has 0 saturated heterocycles. The predicted octanol–water partition coefficient (Wildman–Crippen LogP) is 1.36. The molecule has 0 bridgehead atoms. The highest BCUT2D eigenvalue weighted by Gasteiger charge is 2.36. The molecule has 0 aromatic carbocycles. The van der Waals surface area contributed by atoms with Gasteiger partial charge in [-0.15, -0.1) is 0 Å². The van der Waals surface area contributed by atoms with Crippen molar-refractivity contribution in [1.82, 2.24) is 10.2 Å². The third-order valence-electron chi connectivity index (χ3n) is 4.32. The number of hydrogen-bond acceptors (Lipinski definition) is 5. The maximum Gasteiger partial charge on any atom is 0.326 e. The van der Waals surface area contributed by atoms with Gasteiger partial charge in [-0.25, -0.2) is 9.18 Å². The molecule has 1 rings (SSSR count). The number of ether oxygens (including phenoxy) is 1. The molecular weight excluding hydrogens is 331 g/mol. The third-order valence-corrected chi connectivity index (χ3v) is 4.32. The maximum absolute atomic E-state index is 13.8. The zero-order chi connectivity index (χ0) is 19.4. The molecule has 0 aromatic heterocycles. The molecule has 2 N–H and O–H groups in total. The summed E-state index contributed by atoms with van der Waals surface area (Å²) in [5, 5.41) is 12.1. The summed E-state index contributed by atoms with van der Waals surface area (Å²) in [7, 11) is 2.92. The first kappa shape index (κ1) is 21.3. The van der Waals surface area contributed by atoms with Crippen LogP contribution in [0.25, 0.3) is 0 Å². The topological polar surface area (TPSA) is 95.9 Å². The van der Waals surface area contributed by atoms with Gasteiger partial charge < -0.3 is 20.1 Å². The second-order valence-electron chi connectivity index (χ2n) is 7.33. The standard InChI is InChI=1S/C17H29FN2O5/c1-10(25-16(24)12(19-4)8-11-6-7-11)14(21)20(5)13(15(22)23)9-17(2,3)18/h10-13,19H,6-9H2,1-5H3,(H,22,23)/t10-,12+,13+/m1/s1. The molecule has 1 amide bonds. The number of carbonyl (C=O) groups excluding carboxylic acids is 2. The first-order valence-electron chi connectivity index (χ1n) is 8.52. The number of amides is 1. The van der Waals surface area contributed by atoms with Gasteiger partial charge in [0.2, 0.25) is 0 Å². The lowest BCUT2D eigenvalue weighted by atomic mass is 9.99. The van der Waals surface area contributed by atoms with Gasteiger partial charge in [0.15, 0.2) is 6.10 Å². The zero-order valence-corrected chi connectivity index (χ0v) is 15.5. The molecule has 3 atom stereocenters. The summed E-state index contributed by atoms with van der Waals surface area (Å²) in [6.07, 6.45) is 1.33. The van der Waals surface area contributed by atoms with Crippen LogP contribution < -0.4 is 5.32 Å². The van der Waals surface area contributed by atoms with Crippen LogP contribution in [0.4, 0.5) is 4.39 Å². The van der Waals surface area contributed by atoms with Crippen LogP contribution in [0.5, 0.6) is 0 Å². The number of halogens is 1. The van der Waals surface area contributed by atoms with Crippen LogP contribution in [-0.2, 0) is 19.1 Å². The van der Waals surface area contributed by atoms with E-state index in [1.165, 1.54) is 27.8 Å². The van der Waals surface area contributed by atoms with Crippen LogP contribution in [-0.4, -0.2) is 65.8 Å². The monoisotopic (exact) mass is 360 g/mol. The van der Waals surface area contributed by atoms with Crippen LogP contribution in [0.3, 0.4) is 0 Å². The molecule has 0 aromatic rings. The Hall–Kier alpha value is -1.70. The van der Waals surface area contributed by atoms with E-state index in [1.807, 2.05) is 0 Å². The van der Waals surface area contributed by atoms with E-state index in [0.29, 0.717) is 12.3 Å². The van der Waals surface area contributed by atoms with Crippen molar-refractivity contribution in [3.63, 3.8) is 0 Å². The first-order chi connectivity index (χ1) is 11.5. The minimum atomic E-state index is -1.75. The highest BCUT2D eigenvalue weighted by atomic mass is 19.1. The average Bonchev–Trinajstić information content (AvgIpc) is 3.31. The summed E-state index contributed by atoms with van der Waals surface area (Å²) in [6.45, 7) is 3.89. The van der Waals surface area contributed by atoms with Gasteiger partial charge in [0.05, 0.1) is 0 Å². The summed E-state index contributed by atoms with van der Waals surface area (Å²) < 4.78 is 19.0. The molecule has 1 aliphatic rings. The molecule has 0 heterocycles. The Morgan fingerprint density at radius 1 is 1.36 bits per heavy atom. The van der Waals surface area contributed by atoms with Gasteiger partial charge in [-0.1, -0.05) is 12.8 Å². The number of nitrogens with zero attached hydrogens (tertiary/aromatic N) is 1. The van der Waals surface area contributed by atoms with Crippen LogP contribution >= 0.6 is 0 Å². The molecule has 25 heavy (non-hydrogen) atoms. The summed E-state index contributed by atoms with van der Waals surface area (Å²) in [5.41, 5.74) is -1.75. The molecule has 8 heteroatoms. The SMILES string of the molecule is CN[C@@H](CC1CC1)C(=O)O[C@H](C)C(=O)N(C)[C@@H](CC(C)(C)F)C(=O)O. The maximum atomic E-state index is 13.8. The number of esters is 1. The molecule has 144 valence electrons. The first-order valence-corrected chi connectivity index (χ1v) is 8.52. The molecule has 0 aliphatic heterocycles. The van der Waals surface area contributed by atoms with Crippen molar-refractivity contribution in [2.45, 2.75) is 70.3 Å². The number of carboxylic acids is 1. The Bertz CT molecular complexity index is 502. The van der Waals surface area contributed by atoms with Crippen LogP contribution in [0.15, 0.2) is 0 Å². The van der Waals surface area contributed by atoms with Crippen molar-refractivity contribution >= 4 is 17.8 Å². The molecule has 1 fully saturated rings. The number of aliphatic carboxylic acids is 1. The fourth-order valence-electron chi connectivity index (χ4n) is 2.62. The van der Waals surface area contributed by atoms with E-state index in [0.717, 1.165) is 17.7 Å². The highest BCUT2D eigenvalue weighted by Crippen LogP contribution is 2.33. The van der Waals surface area contributed by atoms with Crippen molar-refractivity contribution in [2.75, 3.05) is 14.1 Å². The van der Waals surface area contributed by atoms with E-state index in [4.69, 9.17) is 4.74 Å². The van der Waals surface area contributed by atoms with Gasteiger partial charge >= 0.3 is 11.9 Å². The van der Waals surface area contributed by atoms with Gasteiger partial charge in [-0.3, -0.25) is 9.59 Å². The fraction of sp³-hybridized carbons (Fsp3) is 0.824. The molecular formula is C17H29FN2O5. The average molecular weight is 360 g/mol. The van der Waals surface area contributed by atoms with Gasteiger partial charge in [0.1, 0.15) is 17.8 Å². The number of alkyl halides is 1. The van der Waals surface area contributed by atoms with Crippen molar-refractivity contribution in [3.05, 3.63) is 0 Å². The smallest absolute Gasteiger partial charge is 0.326 e. The predicted molar refractivity (Wildman–Crippen MR) is 89.7 cm³/mol. The lowest BCUT2D eigenvalue weighted by Crippen LogP contribution is -2.50. The largest absolute Gasteiger partial charge is 0.480 e. The lowest BCUT2D eigenvalue weighted by molar-refractivity contribution is -0.164. The molecule has 1 saturated carbocycles.